The number of aromatic nitrogens is 6. The number of halogens is 1. The number of imidazole rings is 2. The van der Waals surface area contributed by atoms with E-state index in [0.717, 1.165) is 0 Å². The molecule has 1 aliphatic carbocycles. The summed E-state index contributed by atoms with van der Waals surface area (Å²) >= 11 is 0. The Bertz CT molecular complexity index is 1660. The van der Waals surface area contributed by atoms with Gasteiger partial charge in [-0.2, -0.15) is 10.2 Å². The second-order valence-corrected chi connectivity index (χ2v) is 8.02. The molecular formula is C23H16FN7O2. The molecule has 6 rings (SSSR count). The summed E-state index contributed by atoms with van der Waals surface area (Å²) in [7, 11) is 0. The van der Waals surface area contributed by atoms with Gasteiger partial charge in [0, 0.05) is 0 Å². The largest absolute Gasteiger partial charge is 0.388 e. The number of fused-ring (bicyclic) bond motifs is 3. The Kier molecular flexibility index (Phi) is 4.15. The van der Waals surface area contributed by atoms with E-state index in [9.17, 15) is 19.6 Å². The zero-order valence-electron chi connectivity index (χ0n) is 17.1. The summed E-state index contributed by atoms with van der Waals surface area (Å²) in [6, 6.07) is 11.0. The first kappa shape index (κ1) is 19.3. The van der Waals surface area contributed by atoms with Gasteiger partial charge in [0.15, 0.2) is 5.65 Å². The highest BCUT2D eigenvalue weighted by Gasteiger charge is 2.30. The van der Waals surface area contributed by atoms with Crippen molar-refractivity contribution < 1.29 is 9.50 Å². The summed E-state index contributed by atoms with van der Waals surface area (Å²) in [6.07, 6.45) is 3.24. The van der Waals surface area contributed by atoms with E-state index < -0.39 is 23.7 Å². The van der Waals surface area contributed by atoms with E-state index in [2.05, 4.69) is 26.0 Å². The van der Waals surface area contributed by atoms with Gasteiger partial charge in [-0.3, -0.25) is 9.13 Å². The Hall–Kier alpha value is -4.36. The molecule has 0 amide bonds. The number of nitrogens with zero attached hydrogens (tertiary/aromatic N) is 6. The van der Waals surface area contributed by atoms with Crippen LogP contribution in [0, 0.1) is 17.1 Å². The minimum absolute atomic E-state index is 0.281. The van der Waals surface area contributed by atoms with Crippen LogP contribution in [0.3, 0.4) is 0 Å². The molecule has 2 N–H and O–H groups in total. The summed E-state index contributed by atoms with van der Waals surface area (Å²) in [5.41, 5.74) is 3.38. The molecule has 10 heteroatoms. The van der Waals surface area contributed by atoms with E-state index in [0.29, 0.717) is 51.7 Å². The van der Waals surface area contributed by atoms with E-state index in [-0.39, 0.29) is 5.95 Å². The third-order valence-electron chi connectivity index (χ3n) is 6.13. The first-order valence-corrected chi connectivity index (χ1v) is 10.4. The van der Waals surface area contributed by atoms with Gasteiger partial charge in [-0.05, 0) is 54.3 Å². The number of hydrogen-bond acceptors (Lipinski definition) is 6. The molecule has 0 bridgehead atoms. The predicted octanol–water partition coefficient (Wildman–Crippen LogP) is 2.89. The van der Waals surface area contributed by atoms with E-state index in [4.69, 9.17) is 0 Å². The predicted molar refractivity (Wildman–Crippen MR) is 116 cm³/mol. The average molecular weight is 441 g/mol. The van der Waals surface area contributed by atoms with Gasteiger partial charge in [0.1, 0.15) is 17.7 Å². The summed E-state index contributed by atoms with van der Waals surface area (Å²) in [5.74, 6) is -0.155. The van der Waals surface area contributed by atoms with Crippen LogP contribution in [0.15, 0.2) is 53.7 Å². The fourth-order valence-corrected chi connectivity index (χ4v) is 4.58. The zero-order chi connectivity index (χ0) is 22.7. The van der Waals surface area contributed by atoms with E-state index in [1.54, 1.807) is 35.2 Å². The topological polar surface area (TPSA) is 125 Å². The van der Waals surface area contributed by atoms with Crippen LogP contribution in [0.5, 0.6) is 0 Å². The summed E-state index contributed by atoms with van der Waals surface area (Å²) in [5, 5.41) is 19.6. The molecule has 2 atom stereocenters. The molecule has 1 unspecified atom stereocenters. The third-order valence-corrected chi connectivity index (χ3v) is 6.13. The molecule has 2 aromatic carbocycles. The molecule has 162 valence electrons. The van der Waals surface area contributed by atoms with Gasteiger partial charge in [0.2, 0.25) is 5.95 Å². The van der Waals surface area contributed by atoms with Crippen molar-refractivity contribution in [1.29, 1.82) is 5.26 Å². The molecule has 3 aromatic heterocycles. The quantitative estimate of drug-likeness (QED) is 0.434. The van der Waals surface area contributed by atoms with Crippen LogP contribution in [0.25, 0.3) is 28.1 Å². The van der Waals surface area contributed by atoms with Gasteiger partial charge in [0.25, 0.3) is 0 Å². The van der Waals surface area contributed by atoms with Gasteiger partial charge in [-0.15, -0.1) is 0 Å². The molecule has 0 saturated carbocycles. The number of benzene rings is 2. The Morgan fingerprint density at radius 1 is 1.15 bits per heavy atom. The van der Waals surface area contributed by atoms with Crippen LogP contribution in [0.2, 0.25) is 0 Å². The maximum absolute atomic E-state index is 14.1. The lowest BCUT2D eigenvalue weighted by Gasteiger charge is -2.29. The number of aromatic amines is 1. The molecule has 5 aromatic rings. The average Bonchev–Trinajstić information content (AvgIpc) is 3.38. The van der Waals surface area contributed by atoms with Crippen molar-refractivity contribution >= 4 is 22.2 Å². The maximum Gasteiger partial charge on any atom is 0.328 e. The number of nitrogens with one attached hydrogen (secondary N) is 1. The van der Waals surface area contributed by atoms with Crippen LogP contribution < -0.4 is 5.69 Å². The first-order chi connectivity index (χ1) is 16.0. The Labute approximate surface area is 185 Å². The second kappa shape index (κ2) is 7.08. The highest BCUT2D eigenvalue weighted by molar-refractivity contribution is 5.79. The number of nitriles is 1. The lowest BCUT2D eigenvalue weighted by Crippen LogP contribution is -2.28. The summed E-state index contributed by atoms with van der Waals surface area (Å²) in [6.45, 7) is 0. The number of rotatable bonds is 2. The number of hydrogen-bond donors (Lipinski definition) is 2. The fraction of sp³-hybridized carbons (Fsp3) is 0.174. The van der Waals surface area contributed by atoms with Crippen molar-refractivity contribution in [1.82, 2.24) is 29.1 Å². The number of aliphatic hydroxyl groups is 1. The van der Waals surface area contributed by atoms with Crippen LogP contribution in [0.4, 0.5) is 4.39 Å². The molecule has 0 saturated heterocycles. The first-order valence-electron chi connectivity index (χ1n) is 10.4. The number of H-pyrrole nitrogens is 1. The van der Waals surface area contributed by atoms with E-state index in [1.165, 1.54) is 22.9 Å². The Balaban J connectivity index is 1.55. The van der Waals surface area contributed by atoms with Crippen LogP contribution in [0.1, 0.15) is 41.7 Å². The van der Waals surface area contributed by atoms with E-state index in [1.807, 2.05) is 0 Å². The zero-order valence-corrected chi connectivity index (χ0v) is 17.1. The van der Waals surface area contributed by atoms with Crippen molar-refractivity contribution in [3.8, 4) is 12.0 Å². The standard InChI is InChI=1S/C23H16FN7O2/c24-13-2-3-14-15(8-13)18(5-6-20(14)32)31-21-17(28-23(31)33)10-26-22(29-21)30-11-27-16-4-1-12(9-25)7-19(16)30/h1-4,7-8,10-11,18,20,32H,5-6H2,(H,28,33)/t18?,20-/m1/s1. The fourth-order valence-electron chi connectivity index (χ4n) is 4.58. The summed E-state index contributed by atoms with van der Waals surface area (Å²) < 4.78 is 17.2. The van der Waals surface area contributed by atoms with Crippen molar-refractivity contribution in [2.45, 2.75) is 25.0 Å². The van der Waals surface area contributed by atoms with Gasteiger partial charge >= 0.3 is 5.69 Å². The lowest BCUT2D eigenvalue weighted by molar-refractivity contribution is 0.147. The van der Waals surface area contributed by atoms with Gasteiger partial charge in [-0.25, -0.2) is 19.2 Å². The van der Waals surface area contributed by atoms with Gasteiger partial charge in [-0.1, -0.05) is 6.07 Å². The molecule has 0 spiro atoms. The smallest absolute Gasteiger partial charge is 0.328 e. The van der Waals surface area contributed by atoms with Gasteiger partial charge in [0.05, 0.1) is 41.0 Å². The maximum atomic E-state index is 14.1. The lowest BCUT2D eigenvalue weighted by atomic mass is 9.85. The Morgan fingerprint density at radius 2 is 2.03 bits per heavy atom. The van der Waals surface area contributed by atoms with Crippen LogP contribution >= 0.6 is 0 Å². The molecule has 3 heterocycles. The highest BCUT2D eigenvalue weighted by atomic mass is 19.1. The minimum atomic E-state index is -0.713. The van der Waals surface area contributed by atoms with Crippen LogP contribution in [-0.4, -0.2) is 34.2 Å². The molecule has 0 fully saturated rings. The number of aliphatic hydroxyl groups excluding tert-OH is 1. The van der Waals surface area contributed by atoms with Crippen molar-refractivity contribution in [3.63, 3.8) is 0 Å². The van der Waals surface area contributed by atoms with Crippen LogP contribution in [-0.2, 0) is 0 Å². The Morgan fingerprint density at radius 3 is 2.88 bits per heavy atom. The highest BCUT2D eigenvalue weighted by Crippen LogP contribution is 2.39. The SMILES string of the molecule is N#Cc1ccc2ncn(-c3ncc4[nH]c(=O)n(C5CC[C@@H](O)c6ccc(F)cc65)c4n3)c2c1. The molecule has 9 nitrogen and oxygen atoms in total. The molecule has 1 aliphatic rings. The monoisotopic (exact) mass is 441 g/mol. The van der Waals surface area contributed by atoms with Crippen molar-refractivity contribution in [2.24, 2.45) is 0 Å². The molecular weight excluding hydrogens is 425 g/mol. The van der Waals surface area contributed by atoms with Gasteiger partial charge < -0.3 is 10.1 Å². The second-order valence-electron chi connectivity index (χ2n) is 8.02. The summed E-state index contributed by atoms with van der Waals surface area (Å²) in [4.78, 5) is 29.1. The van der Waals surface area contributed by atoms with E-state index >= 15 is 0 Å². The van der Waals surface area contributed by atoms with Crippen molar-refractivity contribution in [2.75, 3.05) is 0 Å². The third kappa shape index (κ3) is 2.94. The van der Waals surface area contributed by atoms with Crippen molar-refractivity contribution in [3.05, 3.63) is 81.9 Å². The molecule has 33 heavy (non-hydrogen) atoms. The minimum Gasteiger partial charge on any atom is -0.388 e. The normalized spacial score (nSPS) is 17.8. The molecule has 0 aliphatic heterocycles. The molecule has 0 radical (unpaired) electrons.